The van der Waals surface area contributed by atoms with Gasteiger partial charge in [-0.15, -0.1) is 0 Å². The van der Waals surface area contributed by atoms with Crippen LogP contribution < -0.4 is 0 Å². The Hall–Kier alpha value is -3.64. The smallest absolute Gasteiger partial charge is 0.194 e. The maximum atomic E-state index is 15.5. The molecule has 3 aromatic carbocycles. The first-order valence-electron chi connectivity index (χ1n) is 12.6. The van der Waals surface area contributed by atoms with Gasteiger partial charge in [0.05, 0.1) is 0 Å². The summed E-state index contributed by atoms with van der Waals surface area (Å²) < 4.78 is 363. The lowest BCUT2D eigenvalue weighted by molar-refractivity contribution is -0.441. The van der Waals surface area contributed by atoms with Gasteiger partial charge in [0.2, 0.25) is 0 Å². The second-order valence-electron chi connectivity index (χ2n) is 10.6. The third kappa shape index (κ3) is 5.13. The average Bonchev–Trinajstić information content (AvgIpc) is 2.97. The SMILES string of the molecule is FC(F)(F)C(F)(F)C(F)(F)C(F)(F)C(F)(F)C(F)(F)c1c2ccccc2c(C(F)(F)C(F)(F)C(F)(F)C(F)(F)C(F)(F)C(F)(F)F)c2ccccc12. The van der Waals surface area contributed by atoms with Gasteiger partial charge in [0.1, 0.15) is 0 Å². The quantitative estimate of drug-likeness (QED) is 0.141. The molecule has 3 aromatic rings. The zero-order valence-electron chi connectivity index (χ0n) is 23.4. The summed E-state index contributed by atoms with van der Waals surface area (Å²) in [6.07, 6.45) is -15.7. The van der Waals surface area contributed by atoms with Crippen molar-refractivity contribution in [2.45, 2.75) is 71.6 Å². The molecule has 0 atom stereocenters. The predicted molar refractivity (Wildman–Crippen MR) is 121 cm³/mol. The highest BCUT2D eigenvalue weighted by molar-refractivity contribution is 6.07. The molecule has 0 unspecified atom stereocenters. The summed E-state index contributed by atoms with van der Waals surface area (Å²) in [5.74, 6) is -81.8. The summed E-state index contributed by atoms with van der Waals surface area (Å²) in [5, 5.41) is -9.52. The van der Waals surface area contributed by atoms with E-state index in [0.29, 0.717) is 0 Å². The standard InChI is InChI=1S/C26H8F26/c27-15(28,17(31,32)19(35,36)21(39,40)23(43,44)25(47,48)49)13-9-5-1-2-6-10(9)14(12-8-4-3-7-11(12)13)16(29,30)18(33,34)20(37,38)22(41,42)24(45,46)26(50,51)52/h1-8H. The van der Waals surface area contributed by atoms with E-state index in [1.54, 1.807) is 0 Å². The molecule has 0 aliphatic heterocycles. The molecular weight excluding hydrogens is 806 g/mol. The third-order valence-electron chi connectivity index (χ3n) is 7.43. The van der Waals surface area contributed by atoms with Gasteiger partial charge in [0, 0.05) is 11.1 Å². The van der Waals surface area contributed by atoms with E-state index in [1.165, 1.54) is 0 Å². The molecule has 26 heteroatoms. The molecule has 0 spiro atoms. The molecule has 0 nitrogen and oxygen atoms in total. The molecule has 0 bridgehead atoms. The van der Waals surface area contributed by atoms with Gasteiger partial charge in [-0.05, 0) is 21.5 Å². The van der Waals surface area contributed by atoms with Crippen molar-refractivity contribution in [2.75, 3.05) is 0 Å². The first-order chi connectivity index (χ1) is 22.7. The van der Waals surface area contributed by atoms with Gasteiger partial charge in [-0.3, -0.25) is 0 Å². The molecule has 0 amide bonds. The summed E-state index contributed by atoms with van der Waals surface area (Å²) in [6, 6.07) is -0.571. The van der Waals surface area contributed by atoms with Crippen molar-refractivity contribution in [2.24, 2.45) is 0 Å². The largest absolute Gasteiger partial charge is 0.460 e. The molecule has 3 rings (SSSR count). The van der Waals surface area contributed by atoms with Gasteiger partial charge in [-0.2, -0.15) is 114 Å². The van der Waals surface area contributed by atoms with E-state index in [1.807, 2.05) is 0 Å². The Kier molecular flexibility index (Phi) is 9.40. The molecule has 0 N–H and O–H groups in total. The lowest BCUT2D eigenvalue weighted by Gasteiger charge is -2.41. The Morgan fingerprint density at radius 3 is 0.577 bits per heavy atom. The van der Waals surface area contributed by atoms with E-state index in [-0.39, 0.29) is 48.5 Å². The maximum Gasteiger partial charge on any atom is 0.460 e. The molecule has 0 fully saturated rings. The zero-order valence-corrected chi connectivity index (χ0v) is 23.4. The Morgan fingerprint density at radius 2 is 0.404 bits per heavy atom. The highest BCUT2D eigenvalue weighted by atomic mass is 19.4. The Balaban J connectivity index is 2.52. The van der Waals surface area contributed by atoms with Crippen molar-refractivity contribution >= 4 is 21.5 Å². The Labute approximate surface area is 267 Å². The Bertz CT molecular complexity index is 1640. The van der Waals surface area contributed by atoms with Crippen LogP contribution in [0.3, 0.4) is 0 Å². The molecule has 0 aromatic heterocycles. The summed E-state index contributed by atoms with van der Waals surface area (Å²) in [4.78, 5) is 0. The lowest BCUT2D eigenvalue weighted by Crippen LogP contribution is -2.69. The number of fused-ring (bicyclic) bond motifs is 2. The van der Waals surface area contributed by atoms with Crippen LogP contribution >= 0.6 is 0 Å². The molecular formula is C26H8F26. The van der Waals surface area contributed by atoms with Crippen LogP contribution in [0.15, 0.2) is 48.5 Å². The number of hydrogen-bond acceptors (Lipinski definition) is 0. The van der Waals surface area contributed by atoms with E-state index in [9.17, 15) is 96.6 Å². The normalized spacial score (nSPS) is 15.9. The first-order valence-corrected chi connectivity index (χ1v) is 12.6. The fourth-order valence-electron chi connectivity index (χ4n) is 4.66. The van der Waals surface area contributed by atoms with Gasteiger partial charge in [0.15, 0.2) is 0 Å². The van der Waals surface area contributed by atoms with Crippen molar-refractivity contribution < 1.29 is 114 Å². The van der Waals surface area contributed by atoms with Crippen molar-refractivity contribution in [3.05, 3.63) is 59.7 Å². The summed E-state index contributed by atoms with van der Waals surface area (Å²) >= 11 is 0. The highest BCUT2D eigenvalue weighted by Gasteiger charge is 2.92. The van der Waals surface area contributed by atoms with Crippen molar-refractivity contribution in [1.29, 1.82) is 0 Å². The number of benzene rings is 3. The van der Waals surface area contributed by atoms with Gasteiger partial charge in [-0.25, -0.2) is 0 Å². The Morgan fingerprint density at radius 1 is 0.231 bits per heavy atom. The third-order valence-corrected chi connectivity index (χ3v) is 7.43. The lowest BCUT2D eigenvalue weighted by atomic mass is 9.81. The minimum Gasteiger partial charge on any atom is -0.194 e. The number of rotatable bonds is 10. The summed E-state index contributed by atoms with van der Waals surface area (Å²) in [5.41, 5.74) is -6.23. The number of halogens is 26. The maximum absolute atomic E-state index is 15.5. The molecule has 52 heavy (non-hydrogen) atoms. The van der Waals surface area contributed by atoms with E-state index in [4.69, 9.17) is 0 Å². The van der Waals surface area contributed by atoms with Gasteiger partial charge in [0.25, 0.3) is 0 Å². The zero-order chi connectivity index (χ0) is 41.1. The van der Waals surface area contributed by atoms with Gasteiger partial charge < -0.3 is 0 Å². The molecule has 294 valence electrons. The summed E-state index contributed by atoms with van der Waals surface area (Å²) in [6.45, 7) is 0. The van der Waals surface area contributed by atoms with E-state index in [2.05, 4.69) is 0 Å². The van der Waals surface area contributed by atoms with Gasteiger partial charge >= 0.3 is 71.6 Å². The van der Waals surface area contributed by atoms with Crippen LogP contribution in [0, 0.1) is 0 Å². The minimum absolute atomic E-state index is 0.173. The molecule has 0 aliphatic carbocycles. The monoisotopic (exact) mass is 814 g/mol. The average molecular weight is 814 g/mol. The number of alkyl halides is 26. The number of hydrogen-bond donors (Lipinski definition) is 0. The van der Waals surface area contributed by atoms with Crippen LogP contribution in [0.25, 0.3) is 21.5 Å². The van der Waals surface area contributed by atoms with E-state index in [0.717, 1.165) is 0 Å². The molecule has 0 aliphatic rings. The predicted octanol–water partition coefficient (Wildman–Crippen LogP) is 12.4. The van der Waals surface area contributed by atoms with Crippen LogP contribution in [-0.2, 0) is 11.8 Å². The molecule has 0 saturated heterocycles. The van der Waals surface area contributed by atoms with Crippen LogP contribution in [0.5, 0.6) is 0 Å². The van der Waals surface area contributed by atoms with Crippen LogP contribution in [0.1, 0.15) is 11.1 Å². The molecule has 0 heterocycles. The van der Waals surface area contributed by atoms with Crippen molar-refractivity contribution in [3.63, 3.8) is 0 Å². The summed E-state index contributed by atoms with van der Waals surface area (Å²) in [7, 11) is 0. The second-order valence-corrected chi connectivity index (χ2v) is 10.6. The van der Waals surface area contributed by atoms with E-state index < -0.39 is 104 Å². The highest BCUT2D eigenvalue weighted by Crippen LogP contribution is 2.66. The van der Waals surface area contributed by atoms with Crippen LogP contribution in [0.2, 0.25) is 0 Å². The minimum atomic E-state index is -8.53. The van der Waals surface area contributed by atoms with Crippen molar-refractivity contribution in [1.82, 2.24) is 0 Å². The fraction of sp³-hybridized carbons (Fsp3) is 0.462. The van der Waals surface area contributed by atoms with Crippen LogP contribution in [-0.4, -0.2) is 59.7 Å². The topological polar surface area (TPSA) is 0 Å². The molecule has 0 radical (unpaired) electrons. The van der Waals surface area contributed by atoms with E-state index >= 15 is 17.6 Å². The fourth-order valence-corrected chi connectivity index (χ4v) is 4.66. The van der Waals surface area contributed by atoms with Crippen LogP contribution in [0.4, 0.5) is 114 Å². The second kappa shape index (κ2) is 11.4. The first kappa shape index (κ1) is 42.8. The van der Waals surface area contributed by atoms with Gasteiger partial charge in [-0.1, -0.05) is 48.5 Å². The molecule has 0 saturated carbocycles. The van der Waals surface area contributed by atoms with Crippen molar-refractivity contribution in [3.8, 4) is 0 Å².